The topological polar surface area (TPSA) is 95.3 Å². The highest BCUT2D eigenvalue weighted by atomic mass is 35.9. The summed E-state index contributed by atoms with van der Waals surface area (Å²) in [6.45, 7) is 3.69. The lowest BCUT2D eigenvalue weighted by Gasteiger charge is -2.30. The van der Waals surface area contributed by atoms with Gasteiger partial charge in [0.2, 0.25) is 0 Å². The smallest absolute Gasteiger partial charge is 0.300 e. The summed E-state index contributed by atoms with van der Waals surface area (Å²) in [7, 11) is -2.95. The molecule has 1 N–H and O–H groups in total. The summed E-state index contributed by atoms with van der Waals surface area (Å²) in [6.07, 6.45) is 0. The summed E-state index contributed by atoms with van der Waals surface area (Å²) in [5.41, 5.74) is 0. The fourth-order valence-electron chi connectivity index (χ4n) is 1.99. The molecule has 0 unspecified atom stereocenters. The molecule has 0 fully saturated rings. The van der Waals surface area contributed by atoms with Crippen LogP contribution in [0.5, 0.6) is 0 Å². The van der Waals surface area contributed by atoms with Crippen LogP contribution in [0, 0.1) is 0 Å². The van der Waals surface area contributed by atoms with Crippen molar-refractivity contribution in [3.05, 3.63) is 0 Å². The molecule has 2 atom stereocenters. The SMILES string of the molecule is CC(C)N[P@@]12=NP(Cl)(Cl)=N[P@@](Cl)(=N1)OCCOCCOCCOCCO2. The number of nitrogens with zero attached hydrogens (tertiary/aromatic N) is 3. The molecule has 154 valence electrons. The first-order chi connectivity index (χ1) is 12.2. The Bertz CT molecular complexity index is 630. The Morgan fingerprint density at radius 1 is 0.731 bits per heavy atom. The van der Waals surface area contributed by atoms with E-state index in [-0.39, 0.29) is 19.3 Å². The summed E-state index contributed by atoms with van der Waals surface area (Å²) in [5.74, 6) is -3.09. The molecule has 2 rings (SSSR count). The Morgan fingerprint density at radius 2 is 1.23 bits per heavy atom. The second-order valence-corrected chi connectivity index (χ2v) is 16.1. The van der Waals surface area contributed by atoms with E-state index in [0.29, 0.717) is 39.6 Å². The lowest BCUT2D eigenvalue weighted by Crippen LogP contribution is -2.21. The van der Waals surface area contributed by atoms with Gasteiger partial charge in [0.05, 0.1) is 52.9 Å². The summed E-state index contributed by atoms with van der Waals surface area (Å²) >= 11 is 19.2. The summed E-state index contributed by atoms with van der Waals surface area (Å²) in [4.78, 5) is 0. The van der Waals surface area contributed by atoms with Crippen LogP contribution in [-0.4, -0.2) is 58.9 Å². The van der Waals surface area contributed by atoms with Gasteiger partial charge >= 0.3 is 6.78 Å². The highest BCUT2D eigenvalue weighted by Gasteiger charge is 2.37. The van der Waals surface area contributed by atoms with E-state index in [1.54, 1.807) is 0 Å². The maximum Gasteiger partial charge on any atom is 0.300 e. The number of rotatable bonds is 2. The van der Waals surface area contributed by atoms with Crippen molar-refractivity contribution < 1.29 is 23.3 Å². The predicted octanol–water partition coefficient (Wildman–Crippen LogP) is 5.65. The van der Waals surface area contributed by atoms with Crippen molar-refractivity contribution in [1.29, 1.82) is 0 Å². The molecule has 0 saturated heterocycles. The molecule has 2 aliphatic rings. The van der Waals surface area contributed by atoms with Gasteiger partial charge < -0.3 is 23.3 Å². The van der Waals surface area contributed by atoms with Crippen molar-refractivity contribution in [2.24, 2.45) is 13.5 Å². The molecule has 0 aliphatic carbocycles. The molecule has 9 nitrogen and oxygen atoms in total. The Kier molecular flexibility index (Phi) is 9.91. The molecule has 0 aromatic rings. The molecule has 0 radical (unpaired) electrons. The average Bonchev–Trinajstić information content (AvgIpc) is 2.48. The summed E-state index contributed by atoms with van der Waals surface area (Å²) < 4.78 is 41.0. The fourth-order valence-corrected chi connectivity index (χ4v) is 15.3. The molecule has 15 heteroatoms. The summed E-state index contributed by atoms with van der Waals surface area (Å²) in [5, 5.41) is 3.22. The van der Waals surface area contributed by atoms with E-state index in [1.807, 2.05) is 13.8 Å². The highest BCUT2D eigenvalue weighted by Crippen LogP contribution is 2.83. The van der Waals surface area contributed by atoms with Gasteiger partial charge in [0.15, 0.2) is 0 Å². The van der Waals surface area contributed by atoms with Crippen LogP contribution in [-0.2, 0) is 23.3 Å². The Labute approximate surface area is 168 Å². The van der Waals surface area contributed by atoms with Gasteiger partial charge in [-0.3, -0.25) is 0 Å². The van der Waals surface area contributed by atoms with Gasteiger partial charge in [-0.1, -0.05) is 0 Å². The second-order valence-electron chi connectivity index (χ2n) is 5.53. The Hall–Kier alpha value is 1.32. The molecular formula is C11H24Cl3N4O5P3. The lowest BCUT2D eigenvalue weighted by molar-refractivity contribution is 0.00553. The zero-order valence-electron chi connectivity index (χ0n) is 14.6. The number of nitrogens with one attached hydrogen (secondary N) is 1. The van der Waals surface area contributed by atoms with Crippen LogP contribution >= 0.6 is 54.0 Å². The standard InChI is InChI=1S/C11H24Cl3N4O5P3/c1-11(2)15-26-17-24(12,13)16-25(14,18-26)22-9-7-20-5-3-19-4-6-21-8-10-23-26/h11,15H,3-10H2,1-2H3/t25-,26+/m0/s1. The fraction of sp³-hybridized carbons (Fsp3) is 1.00. The molecule has 0 aromatic heterocycles. The quantitative estimate of drug-likeness (QED) is 0.502. The molecule has 2 bridgehead atoms. The van der Waals surface area contributed by atoms with E-state index in [9.17, 15) is 0 Å². The minimum absolute atomic E-state index is 0.00984. The third-order valence-electron chi connectivity index (χ3n) is 2.83. The predicted molar refractivity (Wildman–Crippen MR) is 108 cm³/mol. The minimum Gasteiger partial charge on any atom is -0.377 e. The average molecular weight is 492 g/mol. The van der Waals surface area contributed by atoms with Crippen LogP contribution in [0.4, 0.5) is 0 Å². The molecule has 2 heterocycles. The van der Waals surface area contributed by atoms with Gasteiger partial charge in [-0.15, -0.1) is 0 Å². The van der Waals surface area contributed by atoms with Crippen molar-refractivity contribution in [2.75, 3.05) is 52.9 Å². The normalized spacial score (nSPS) is 34.4. The van der Waals surface area contributed by atoms with Gasteiger partial charge in [0.25, 0.3) is 13.5 Å². The Balaban J connectivity index is 2.28. The van der Waals surface area contributed by atoms with Crippen LogP contribution in [0.3, 0.4) is 0 Å². The molecule has 0 amide bonds. The van der Waals surface area contributed by atoms with E-state index in [1.165, 1.54) is 0 Å². The van der Waals surface area contributed by atoms with Gasteiger partial charge in [0.1, 0.15) is 0 Å². The van der Waals surface area contributed by atoms with Crippen molar-refractivity contribution >= 4 is 54.0 Å². The zero-order chi connectivity index (χ0) is 19.1. The van der Waals surface area contributed by atoms with Crippen LogP contribution in [0.25, 0.3) is 0 Å². The van der Waals surface area contributed by atoms with Gasteiger partial charge in [-0.05, 0) is 47.6 Å². The number of ether oxygens (including phenoxy) is 3. The largest absolute Gasteiger partial charge is 0.377 e. The van der Waals surface area contributed by atoms with Crippen LogP contribution in [0.2, 0.25) is 0 Å². The third kappa shape index (κ3) is 8.36. The van der Waals surface area contributed by atoms with E-state index in [2.05, 4.69) is 18.6 Å². The van der Waals surface area contributed by atoms with Gasteiger partial charge in [0, 0.05) is 6.04 Å². The molecule has 0 spiro atoms. The van der Waals surface area contributed by atoms with Crippen LogP contribution < -0.4 is 5.09 Å². The minimum atomic E-state index is -3.13. The monoisotopic (exact) mass is 490 g/mol. The van der Waals surface area contributed by atoms with E-state index in [4.69, 9.17) is 57.0 Å². The van der Waals surface area contributed by atoms with E-state index < -0.39 is 20.3 Å². The van der Waals surface area contributed by atoms with Gasteiger partial charge in [-0.25, -0.2) is 5.09 Å². The third-order valence-corrected chi connectivity index (χ3v) is 14.1. The molecular weight excluding hydrogens is 467 g/mol. The first-order valence-electron chi connectivity index (χ1n) is 8.05. The van der Waals surface area contributed by atoms with Gasteiger partial charge in [-0.2, -0.15) is 13.5 Å². The van der Waals surface area contributed by atoms with Crippen LogP contribution in [0.15, 0.2) is 13.5 Å². The zero-order valence-corrected chi connectivity index (χ0v) is 19.5. The number of hydrogen-bond donors (Lipinski definition) is 1. The molecule has 0 aromatic carbocycles. The molecule has 0 saturated carbocycles. The molecule has 2 aliphatic heterocycles. The van der Waals surface area contributed by atoms with Crippen molar-refractivity contribution in [2.45, 2.75) is 19.9 Å². The van der Waals surface area contributed by atoms with Crippen LogP contribution in [0.1, 0.15) is 13.8 Å². The summed E-state index contributed by atoms with van der Waals surface area (Å²) in [6, 6.07) is 0.00984. The number of hydrogen-bond acceptors (Lipinski definition) is 9. The van der Waals surface area contributed by atoms with E-state index in [0.717, 1.165) is 0 Å². The lowest BCUT2D eigenvalue weighted by atomic mass is 10.4. The second kappa shape index (κ2) is 10.9. The molecule has 26 heavy (non-hydrogen) atoms. The highest BCUT2D eigenvalue weighted by molar-refractivity contribution is 8.15. The maximum atomic E-state index is 6.54. The van der Waals surface area contributed by atoms with Crippen molar-refractivity contribution in [3.63, 3.8) is 0 Å². The number of fused-ring (bicyclic) bond motifs is 1. The van der Waals surface area contributed by atoms with Crippen molar-refractivity contribution in [3.8, 4) is 0 Å². The maximum absolute atomic E-state index is 6.54. The Morgan fingerprint density at radius 3 is 1.77 bits per heavy atom. The first kappa shape index (κ1) is 23.6. The number of halogens is 3. The van der Waals surface area contributed by atoms with Crippen molar-refractivity contribution in [1.82, 2.24) is 5.09 Å². The first-order valence-corrected chi connectivity index (χ1v) is 15.7. The van der Waals surface area contributed by atoms with E-state index >= 15 is 0 Å².